The smallest absolute Gasteiger partial charge is 0.160 e. The van der Waals surface area contributed by atoms with Crippen LogP contribution in [-0.2, 0) is 0 Å². The fraction of sp³-hybridized carbons (Fsp3) is 0.0286. The Hall–Kier alpha value is -5.02. The van der Waals surface area contributed by atoms with Crippen LogP contribution in [0.5, 0.6) is 0 Å². The lowest BCUT2D eigenvalue weighted by Gasteiger charge is -2.16. The van der Waals surface area contributed by atoms with Crippen molar-refractivity contribution >= 4 is 27.2 Å². The zero-order valence-corrected chi connectivity index (χ0v) is 20.8. The largest absolute Gasteiger partial charge is 0.387 e. The van der Waals surface area contributed by atoms with Crippen LogP contribution in [0.1, 0.15) is 5.56 Å². The zero-order chi connectivity index (χ0) is 25.3. The molecule has 6 aromatic rings. The fourth-order valence-electron chi connectivity index (χ4n) is 5.21. The van der Waals surface area contributed by atoms with Crippen molar-refractivity contribution in [3.05, 3.63) is 139 Å². The summed E-state index contributed by atoms with van der Waals surface area (Å²) in [6.45, 7) is 0.784. The summed E-state index contributed by atoms with van der Waals surface area (Å²) in [6, 6.07) is 40.4. The molecule has 1 aromatic heterocycles. The Morgan fingerprint density at radius 1 is 0.553 bits per heavy atom. The molecule has 1 N–H and O–H groups in total. The molecule has 7 rings (SSSR count). The summed E-state index contributed by atoms with van der Waals surface area (Å²) in [7, 11) is 0. The summed E-state index contributed by atoms with van der Waals surface area (Å²) in [5, 5.41) is 6.71. The molecule has 1 aliphatic rings. The van der Waals surface area contributed by atoms with Gasteiger partial charge in [0.05, 0.1) is 11.2 Å². The van der Waals surface area contributed by atoms with Crippen LogP contribution in [0.15, 0.2) is 134 Å². The Kier molecular flexibility index (Phi) is 5.52. The monoisotopic (exact) mass is 487 g/mol. The predicted molar refractivity (Wildman–Crippen MR) is 158 cm³/mol. The summed E-state index contributed by atoms with van der Waals surface area (Å²) in [4.78, 5) is 10.4. The van der Waals surface area contributed by atoms with Crippen LogP contribution in [0.4, 0.5) is 0 Å². The van der Waals surface area contributed by atoms with Crippen LogP contribution in [0, 0.1) is 0 Å². The topological polar surface area (TPSA) is 37.8 Å². The molecule has 0 aliphatic carbocycles. The van der Waals surface area contributed by atoms with E-state index < -0.39 is 0 Å². The van der Waals surface area contributed by atoms with Gasteiger partial charge in [-0.1, -0.05) is 97.1 Å². The molecule has 38 heavy (non-hydrogen) atoms. The first-order chi connectivity index (χ1) is 18.8. The van der Waals surface area contributed by atoms with E-state index in [0.717, 1.165) is 51.0 Å². The highest BCUT2D eigenvalue weighted by atomic mass is 14.9. The average molecular weight is 488 g/mol. The number of hydrogen-bond donors (Lipinski definition) is 1. The summed E-state index contributed by atoms with van der Waals surface area (Å²) in [5.41, 5.74) is 8.73. The highest BCUT2D eigenvalue weighted by Gasteiger charge is 2.16. The number of nitrogens with zero attached hydrogens (tertiary/aromatic N) is 2. The van der Waals surface area contributed by atoms with Crippen molar-refractivity contribution in [2.75, 3.05) is 6.54 Å². The van der Waals surface area contributed by atoms with Crippen LogP contribution in [0.3, 0.4) is 0 Å². The van der Waals surface area contributed by atoms with Gasteiger partial charge in [-0.3, -0.25) is 0 Å². The summed E-state index contributed by atoms with van der Waals surface area (Å²) >= 11 is 0. The quantitative estimate of drug-likeness (QED) is 0.254. The van der Waals surface area contributed by atoms with E-state index >= 15 is 0 Å². The maximum absolute atomic E-state index is 5.22. The molecule has 0 amide bonds. The van der Waals surface area contributed by atoms with Crippen molar-refractivity contribution in [1.29, 1.82) is 0 Å². The number of rotatable bonds is 4. The van der Waals surface area contributed by atoms with Crippen LogP contribution in [0.25, 0.3) is 61.0 Å². The van der Waals surface area contributed by atoms with Crippen molar-refractivity contribution < 1.29 is 0 Å². The number of fused-ring (bicyclic) bond motifs is 3. The number of nitrogens with one attached hydrogen (secondary N) is 1. The first-order valence-electron chi connectivity index (χ1n) is 12.9. The van der Waals surface area contributed by atoms with E-state index in [2.05, 4.69) is 127 Å². The van der Waals surface area contributed by atoms with Crippen LogP contribution in [0.2, 0.25) is 0 Å². The van der Waals surface area contributed by atoms with E-state index in [1.807, 2.05) is 12.3 Å². The van der Waals surface area contributed by atoms with Gasteiger partial charge in [0, 0.05) is 28.4 Å². The Labute approximate surface area is 221 Å². The lowest BCUT2D eigenvalue weighted by molar-refractivity contribution is 0.986. The third-order valence-corrected chi connectivity index (χ3v) is 7.11. The van der Waals surface area contributed by atoms with E-state index in [0.29, 0.717) is 0 Å². The minimum Gasteiger partial charge on any atom is -0.387 e. The molecule has 5 aromatic carbocycles. The van der Waals surface area contributed by atoms with Crippen LogP contribution < -0.4 is 5.32 Å². The van der Waals surface area contributed by atoms with Crippen molar-refractivity contribution in [2.24, 2.45) is 0 Å². The molecule has 0 saturated heterocycles. The standard InChI is InChI=1S/C35H25N3/c1-3-10-24(11-4-1)28-20-29(27-15-9-19-36-23-27)22-30(21-28)35-37-33(26-13-5-2-6-14-26)32-18-17-25-12-7-8-16-31(25)34(32)38-35/h1-22,36H,23H2. The molecule has 3 nitrogen and oxygen atoms in total. The van der Waals surface area contributed by atoms with E-state index in [1.165, 1.54) is 22.1 Å². The Balaban J connectivity index is 1.52. The number of benzene rings is 5. The molecule has 0 atom stereocenters. The minimum absolute atomic E-state index is 0.728. The maximum Gasteiger partial charge on any atom is 0.160 e. The molecule has 3 heteroatoms. The second-order valence-corrected chi connectivity index (χ2v) is 9.54. The summed E-state index contributed by atoms with van der Waals surface area (Å²) in [5.74, 6) is 0.728. The molecule has 180 valence electrons. The molecule has 2 heterocycles. The second kappa shape index (κ2) is 9.45. The van der Waals surface area contributed by atoms with E-state index in [-0.39, 0.29) is 0 Å². The van der Waals surface area contributed by atoms with Gasteiger partial charge in [0.25, 0.3) is 0 Å². The third-order valence-electron chi connectivity index (χ3n) is 7.11. The van der Waals surface area contributed by atoms with E-state index in [9.17, 15) is 0 Å². The third kappa shape index (κ3) is 4.04. The molecule has 0 bridgehead atoms. The SMILES string of the molecule is C1=CNCC(c2cc(-c3ccccc3)cc(-c3nc(-c4ccccc4)c4ccc5ccccc5c4n3)c2)=C1. The van der Waals surface area contributed by atoms with E-state index in [1.54, 1.807) is 0 Å². The second-order valence-electron chi connectivity index (χ2n) is 9.54. The lowest BCUT2D eigenvalue weighted by atomic mass is 9.94. The normalized spacial score (nSPS) is 12.9. The van der Waals surface area contributed by atoms with Crippen molar-refractivity contribution in [2.45, 2.75) is 0 Å². The average Bonchev–Trinajstić information content (AvgIpc) is 3.01. The fourth-order valence-corrected chi connectivity index (χ4v) is 5.21. The van der Waals surface area contributed by atoms with Gasteiger partial charge in [-0.15, -0.1) is 0 Å². The lowest BCUT2D eigenvalue weighted by Crippen LogP contribution is -2.11. The molecule has 0 fully saturated rings. The van der Waals surface area contributed by atoms with Gasteiger partial charge in [-0.2, -0.15) is 0 Å². The highest BCUT2D eigenvalue weighted by Crippen LogP contribution is 2.35. The van der Waals surface area contributed by atoms with Gasteiger partial charge in [-0.25, -0.2) is 9.97 Å². The Bertz CT molecular complexity index is 1850. The predicted octanol–water partition coefficient (Wildman–Crippen LogP) is 8.28. The highest BCUT2D eigenvalue weighted by molar-refractivity contribution is 6.09. The number of dihydropyridines is 1. The van der Waals surface area contributed by atoms with Gasteiger partial charge in [-0.05, 0) is 64.2 Å². The number of aromatic nitrogens is 2. The minimum atomic E-state index is 0.728. The first kappa shape index (κ1) is 22.2. The van der Waals surface area contributed by atoms with Gasteiger partial charge in [0.15, 0.2) is 5.82 Å². The molecule has 0 unspecified atom stereocenters. The zero-order valence-electron chi connectivity index (χ0n) is 20.8. The molecular formula is C35H25N3. The molecule has 0 saturated carbocycles. The molecule has 1 aliphatic heterocycles. The molecule has 0 spiro atoms. The van der Waals surface area contributed by atoms with Gasteiger partial charge < -0.3 is 5.32 Å². The summed E-state index contributed by atoms with van der Waals surface area (Å²) < 4.78 is 0. The molecular weight excluding hydrogens is 462 g/mol. The van der Waals surface area contributed by atoms with Crippen molar-refractivity contribution in [1.82, 2.24) is 15.3 Å². The number of hydrogen-bond acceptors (Lipinski definition) is 3. The number of allylic oxidation sites excluding steroid dienone is 2. The van der Waals surface area contributed by atoms with Crippen molar-refractivity contribution in [3.63, 3.8) is 0 Å². The maximum atomic E-state index is 5.22. The van der Waals surface area contributed by atoms with Crippen LogP contribution in [-0.4, -0.2) is 16.5 Å². The van der Waals surface area contributed by atoms with Gasteiger partial charge >= 0.3 is 0 Å². The molecule has 0 radical (unpaired) electrons. The van der Waals surface area contributed by atoms with E-state index in [4.69, 9.17) is 9.97 Å². The van der Waals surface area contributed by atoms with Gasteiger partial charge in [0.1, 0.15) is 0 Å². The van der Waals surface area contributed by atoms with Gasteiger partial charge in [0.2, 0.25) is 0 Å². The Morgan fingerprint density at radius 3 is 2.05 bits per heavy atom. The van der Waals surface area contributed by atoms with Crippen LogP contribution >= 0.6 is 0 Å². The van der Waals surface area contributed by atoms with Crippen molar-refractivity contribution in [3.8, 4) is 33.8 Å². The Morgan fingerprint density at radius 2 is 1.26 bits per heavy atom. The summed E-state index contributed by atoms with van der Waals surface area (Å²) in [6.07, 6.45) is 6.21. The first-order valence-corrected chi connectivity index (χ1v) is 12.9.